The molecule has 1 heterocycles. The molecule has 110 valence electrons. The van der Waals surface area contributed by atoms with E-state index in [0.717, 1.165) is 18.6 Å². The fraction of sp³-hybridized carbons (Fsp3) is 0.462. The molecule has 20 heavy (non-hydrogen) atoms. The summed E-state index contributed by atoms with van der Waals surface area (Å²) in [7, 11) is 0. The minimum absolute atomic E-state index is 0.257. The molecule has 1 fully saturated rings. The van der Waals surface area contributed by atoms with Crippen LogP contribution < -0.4 is 0 Å². The topological polar surface area (TPSA) is 20.3 Å². The van der Waals surface area contributed by atoms with Crippen LogP contribution in [-0.2, 0) is 6.18 Å². The fourth-order valence-corrected chi connectivity index (χ4v) is 2.76. The Balaban J connectivity index is 2.28. The van der Waals surface area contributed by atoms with Gasteiger partial charge in [0.15, 0.2) is 0 Å². The van der Waals surface area contributed by atoms with Gasteiger partial charge in [0.2, 0.25) is 0 Å². The Bertz CT molecular complexity index is 518. The predicted octanol–water partition coefficient (Wildman–Crippen LogP) is 3.70. The molecule has 2 rings (SSSR count). The minimum Gasteiger partial charge on any atom is -0.338 e. The molecular formula is C13H12BrF4NO. The van der Waals surface area contributed by atoms with Crippen molar-refractivity contribution < 1.29 is 22.4 Å². The summed E-state index contributed by atoms with van der Waals surface area (Å²) in [6, 6.07) is 2.78. The quantitative estimate of drug-likeness (QED) is 0.586. The third kappa shape index (κ3) is 2.97. The molecule has 1 saturated heterocycles. The number of hydrogen-bond acceptors (Lipinski definition) is 1. The van der Waals surface area contributed by atoms with E-state index in [1.165, 1.54) is 4.90 Å². The Morgan fingerprint density at radius 3 is 2.65 bits per heavy atom. The van der Waals surface area contributed by atoms with Gasteiger partial charge in [-0.15, -0.1) is 0 Å². The lowest BCUT2D eigenvalue weighted by Crippen LogP contribution is -2.30. The van der Waals surface area contributed by atoms with E-state index in [2.05, 4.69) is 15.9 Å². The number of alkyl halides is 4. The van der Waals surface area contributed by atoms with Crippen LogP contribution in [0, 0.1) is 11.7 Å². The van der Waals surface area contributed by atoms with Crippen molar-refractivity contribution in [2.24, 2.45) is 5.92 Å². The van der Waals surface area contributed by atoms with Crippen molar-refractivity contribution >= 4 is 21.8 Å². The lowest BCUT2D eigenvalue weighted by molar-refractivity contribution is -0.140. The monoisotopic (exact) mass is 353 g/mol. The molecule has 0 saturated carbocycles. The standard InChI is InChI=1S/C13H12BrF4NO/c14-6-8-4-5-19(7-8)12(20)9-2-1-3-10(11(9)15)13(16,17)18/h1-3,8H,4-7H2. The molecule has 1 unspecified atom stereocenters. The smallest absolute Gasteiger partial charge is 0.338 e. The molecule has 1 aliphatic heterocycles. The first-order chi connectivity index (χ1) is 9.34. The van der Waals surface area contributed by atoms with Gasteiger partial charge in [0.05, 0.1) is 11.1 Å². The van der Waals surface area contributed by atoms with Crippen molar-refractivity contribution in [3.05, 3.63) is 35.1 Å². The number of nitrogens with zero attached hydrogens (tertiary/aromatic N) is 1. The fourth-order valence-electron chi connectivity index (χ4n) is 2.23. The summed E-state index contributed by atoms with van der Waals surface area (Å²) in [5.41, 5.74) is -1.92. The van der Waals surface area contributed by atoms with Crippen LogP contribution in [0.1, 0.15) is 22.3 Å². The number of likely N-dealkylation sites (tertiary alicyclic amines) is 1. The summed E-state index contributed by atoms with van der Waals surface area (Å²) in [6.45, 7) is 0.866. The van der Waals surface area contributed by atoms with E-state index in [1.54, 1.807) is 0 Å². The molecule has 0 aliphatic carbocycles. The zero-order chi connectivity index (χ0) is 14.9. The maximum absolute atomic E-state index is 13.9. The summed E-state index contributed by atoms with van der Waals surface area (Å²) in [6.07, 6.45) is -4.04. The van der Waals surface area contributed by atoms with Crippen molar-refractivity contribution in [1.82, 2.24) is 4.90 Å². The molecule has 0 radical (unpaired) electrons. The molecule has 0 aromatic heterocycles. The molecule has 0 spiro atoms. The minimum atomic E-state index is -4.80. The highest BCUT2D eigenvalue weighted by molar-refractivity contribution is 9.09. The van der Waals surface area contributed by atoms with Gasteiger partial charge < -0.3 is 4.90 Å². The zero-order valence-electron chi connectivity index (χ0n) is 10.4. The van der Waals surface area contributed by atoms with E-state index in [0.29, 0.717) is 24.5 Å². The first kappa shape index (κ1) is 15.3. The van der Waals surface area contributed by atoms with E-state index >= 15 is 0 Å². The van der Waals surface area contributed by atoms with Crippen LogP contribution in [0.3, 0.4) is 0 Å². The third-order valence-corrected chi connectivity index (χ3v) is 4.24. The van der Waals surface area contributed by atoms with Crippen LogP contribution in [0.15, 0.2) is 18.2 Å². The van der Waals surface area contributed by atoms with Crippen molar-refractivity contribution in [2.75, 3.05) is 18.4 Å². The maximum Gasteiger partial charge on any atom is 0.419 e. The molecule has 0 N–H and O–H groups in total. The summed E-state index contributed by atoms with van der Waals surface area (Å²) in [5.74, 6) is -1.92. The SMILES string of the molecule is O=C(c1cccc(C(F)(F)F)c1F)N1CCC(CBr)C1. The van der Waals surface area contributed by atoms with E-state index in [-0.39, 0.29) is 5.92 Å². The van der Waals surface area contributed by atoms with Crippen molar-refractivity contribution in [3.63, 3.8) is 0 Å². The molecule has 7 heteroatoms. The highest BCUT2D eigenvalue weighted by atomic mass is 79.9. The van der Waals surface area contributed by atoms with Gasteiger partial charge in [-0.3, -0.25) is 4.79 Å². The molecule has 1 atom stereocenters. The molecular weight excluding hydrogens is 342 g/mol. The van der Waals surface area contributed by atoms with Gasteiger partial charge in [-0.25, -0.2) is 4.39 Å². The van der Waals surface area contributed by atoms with Crippen molar-refractivity contribution in [1.29, 1.82) is 0 Å². The van der Waals surface area contributed by atoms with Crippen LogP contribution in [0.5, 0.6) is 0 Å². The van der Waals surface area contributed by atoms with E-state index in [4.69, 9.17) is 0 Å². The summed E-state index contributed by atoms with van der Waals surface area (Å²) in [4.78, 5) is 13.5. The number of carbonyl (C=O) groups excluding carboxylic acids is 1. The number of halogens is 5. The Hall–Kier alpha value is -1.11. The van der Waals surface area contributed by atoms with Crippen LogP contribution in [0.2, 0.25) is 0 Å². The Kier molecular flexibility index (Phi) is 4.36. The van der Waals surface area contributed by atoms with Crippen LogP contribution in [0.4, 0.5) is 17.6 Å². The molecule has 1 aromatic rings. The molecule has 1 aliphatic rings. The van der Waals surface area contributed by atoms with Crippen LogP contribution in [0.25, 0.3) is 0 Å². The number of carbonyl (C=O) groups is 1. The number of amides is 1. The van der Waals surface area contributed by atoms with Crippen LogP contribution in [-0.4, -0.2) is 29.2 Å². The predicted molar refractivity (Wildman–Crippen MR) is 69.2 cm³/mol. The van der Waals surface area contributed by atoms with E-state index < -0.39 is 29.0 Å². The van der Waals surface area contributed by atoms with E-state index in [9.17, 15) is 22.4 Å². The second kappa shape index (κ2) is 5.71. The van der Waals surface area contributed by atoms with Gasteiger partial charge in [0.1, 0.15) is 5.82 Å². The lowest BCUT2D eigenvalue weighted by Gasteiger charge is -2.18. The zero-order valence-corrected chi connectivity index (χ0v) is 12.0. The highest BCUT2D eigenvalue weighted by Crippen LogP contribution is 2.33. The summed E-state index contributed by atoms with van der Waals surface area (Å²) >= 11 is 3.30. The molecule has 1 aromatic carbocycles. The molecule has 2 nitrogen and oxygen atoms in total. The average Bonchev–Trinajstić information content (AvgIpc) is 2.85. The van der Waals surface area contributed by atoms with Crippen molar-refractivity contribution in [3.8, 4) is 0 Å². The van der Waals surface area contributed by atoms with Gasteiger partial charge in [-0.1, -0.05) is 22.0 Å². The number of benzene rings is 1. The first-order valence-corrected chi connectivity index (χ1v) is 7.17. The number of rotatable bonds is 2. The first-order valence-electron chi connectivity index (χ1n) is 6.05. The Morgan fingerprint density at radius 1 is 1.40 bits per heavy atom. The van der Waals surface area contributed by atoms with Gasteiger partial charge in [0, 0.05) is 18.4 Å². The van der Waals surface area contributed by atoms with Crippen molar-refractivity contribution in [2.45, 2.75) is 12.6 Å². The number of hydrogen-bond donors (Lipinski definition) is 0. The van der Waals surface area contributed by atoms with Gasteiger partial charge in [-0.2, -0.15) is 13.2 Å². The maximum atomic E-state index is 13.9. The Morgan fingerprint density at radius 2 is 2.10 bits per heavy atom. The third-order valence-electron chi connectivity index (χ3n) is 3.33. The summed E-state index contributed by atoms with van der Waals surface area (Å²) < 4.78 is 51.7. The van der Waals surface area contributed by atoms with Gasteiger partial charge in [0.25, 0.3) is 5.91 Å². The lowest BCUT2D eigenvalue weighted by atomic mass is 10.1. The second-order valence-corrected chi connectivity index (χ2v) is 5.37. The second-order valence-electron chi connectivity index (χ2n) is 4.73. The van der Waals surface area contributed by atoms with Crippen LogP contribution >= 0.6 is 15.9 Å². The summed E-state index contributed by atoms with van der Waals surface area (Å²) in [5, 5.41) is 0.710. The van der Waals surface area contributed by atoms with E-state index in [1.807, 2.05) is 0 Å². The van der Waals surface area contributed by atoms with Gasteiger partial charge >= 0.3 is 6.18 Å². The normalized spacial score (nSPS) is 19.4. The molecule has 1 amide bonds. The largest absolute Gasteiger partial charge is 0.419 e. The van der Waals surface area contributed by atoms with Gasteiger partial charge in [-0.05, 0) is 24.5 Å². The molecule has 0 bridgehead atoms. The Labute approximate surface area is 121 Å². The average molecular weight is 354 g/mol. The highest BCUT2D eigenvalue weighted by Gasteiger charge is 2.37.